The maximum absolute atomic E-state index is 2.73. The third-order valence-corrected chi connectivity index (χ3v) is 6.79. The molecule has 1 unspecified atom stereocenters. The van der Waals surface area contributed by atoms with Crippen LogP contribution in [0.4, 0.5) is 0 Å². The van der Waals surface area contributed by atoms with Crippen molar-refractivity contribution < 1.29 is 0 Å². The second-order valence-electron chi connectivity index (χ2n) is 4.26. The molecule has 0 fully saturated rings. The van der Waals surface area contributed by atoms with Gasteiger partial charge in [0.2, 0.25) is 0 Å². The normalized spacial score (nSPS) is 13.9. The van der Waals surface area contributed by atoms with E-state index in [0.717, 1.165) is 0 Å². The van der Waals surface area contributed by atoms with E-state index < -0.39 is 8.96 Å². The van der Waals surface area contributed by atoms with Crippen LogP contribution in [0.2, 0.25) is 12.1 Å². The Hall–Kier alpha value is 0.137. The molecule has 0 spiro atoms. The van der Waals surface area contributed by atoms with Gasteiger partial charge in [0.05, 0.1) is 0 Å². The van der Waals surface area contributed by atoms with Crippen molar-refractivity contribution in [2.75, 3.05) is 33.7 Å². The highest BCUT2D eigenvalue weighted by atomic mass is 28.3. The molecule has 0 aromatic carbocycles. The van der Waals surface area contributed by atoms with E-state index in [2.05, 4.69) is 44.3 Å². The Morgan fingerprint density at radius 3 is 1.86 bits per heavy atom. The lowest BCUT2D eigenvalue weighted by atomic mass is 10.6. The second-order valence-corrected chi connectivity index (χ2v) is 7.45. The van der Waals surface area contributed by atoms with Gasteiger partial charge in [-0.1, -0.05) is 27.2 Å². The summed E-state index contributed by atoms with van der Waals surface area (Å²) in [6.45, 7) is 10.7. The van der Waals surface area contributed by atoms with E-state index >= 15 is 0 Å². The fourth-order valence-corrected chi connectivity index (χ4v) is 5.52. The Bertz CT molecular complexity index is 124. The lowest BCUT2D eigenvalue weighted by Crippen LogP contribution is -2.40. The summed E-state index contributed by atoms with van der Waals surface area (Å²) in [4.78, 5) is 2.32. The standard InChI is InChI=1S/C11H28N2Si/c1-6-10-14(11-9-12(4)5)13(7-2)8-3/h14H,6-11H2,1-5H3. The topological polar surface area (TPSA) is 6.48 Å². The van der Waals surface area contributed by atoms with E-state index in [1.807, 2.05) is 0 Å². The minimum Gasteiger partial charge on any atom is -0.327 e. The molecule has 0 aliphatic heterocycles. The van der Waals surface area contributed by atoms with Gasteiger partial charge in [0.1, 0.15) is 8.96 Å². The first kappa shape index (κ1) is 14.1. The van der Waals surface area contributed by atoms with E-state index in [4.69, 9.17) is 0 Å². The molecule has 1 atom stereocenters. The van der Waals surface area contributed by atoms with Crippen molar-refractivity contribution in [3.63, 3.8) is 0 Å². The molecule has 14 heavy (non-hydrogen) atoms. The monoisotopic (exact) mass is 216 g/mol. The first-order chi connectivity index (χ1) is 6.65. The molecule has 2 nitrogen and oxygen atoms in total. The smallest absolute Gasteiger partial charge is 0.113 e. The van der Waals surface area contributed by atoms with Crippen LogP contribution in [0.25, 0.3) is 0 Å². The third-order valence-electron chi connectivity index (χ3n) is 2.86. The molecule has 0 bridgehead atoms. The molecule has 86 valence electrons. The summed E-state index contributed by atoms with van der Waals surface area (Å²) in [6.07, 6.45) is 1.36. The molecule has 0 N–H and O–H groups in total. The summed E-state index contributed by atoms with van der Waals surface area (Å²) < 4.78 is 2.73. The maximum atomic E-state index is 2.73. The lowest BCUT2D eigenvalue weighted by Gasteiger charge is -2.29. The van der Waals surface area contributed by atoms with Crippen molar-refractivity contribution in [3.05, 3.63) is 0 Å². The van der Waals surface area contributed by atoms with Gasteiger partial charge in [0.15, 0.2) is 0 Å². The highest BCUT2D eigenvalue weighted by molar-refractivity contribution is 6.55. The third kappa shape index (κ3) is 5.78. The Labute approximate surface area is 92.0 Å². The molecule has 0 heterocycles. The van der Waals surface area contributed by atoms with E-state index in [9.17, 15) is 0 Å². The molecule has 0 aliphatic rings. The molecule has 0 saturated heterocycles. The zero-order valence-corrected chi connectivity index (χ0v) is 11.9. The molecular formula is C11H28N2Si. The minimum atomic E-state index is -0.613. The molecule has 0 aliphatic carbocycles. The van der Waals surface area contributed by atoms with Crippen LogP contribution in [0.3, 0.4) is 0 Å². The van der Waals surface area contributed by atoms with Crippen LogP contribution < -0.4 is 0 Å². The number of nitrogens with zero attached hydrogens (tertiary/aromatic N) is 2. The predicted molar refractivity (Wildman–Crippen MR) is 68.5 cm³/mol. The van der Waals surface area contributed by atoms with Gasteiger partial charge in [-0.25, -0.2) is 0 Å². The molecule has 0 saturated carbocycles. The largest absolute Gasteiger partial charge is 0.327 e. The second kappa shape index (κ2) is 8.45. The van der Waals surface area contributed by atoms with Crippen molar-refractivity contribution in [2.45, 2.75) is 39.3 Å². The van der Waals surface area contributed by atoms with Crippen molar-refractivity contribution in [3.8, 4) is 0 Å². The Balaban J connectivity index is 3.98. The van der Waals surface area contributed by atoms with Gasteiger partial charge in [0.25, 0.3) is 0 Å². The van der Waals surface area contributed by atoms with Crippen LogP contribution in [0, 0.1) is 0 Å². The number of rotatable bonds is 8. The molecule has 0 aromatic heterocycles. The van der Waals surface area contributed by atoms with Crippen molar-refractivity contribution >= 4 is 8.96 Å². The summed E-state index contributed by atoms with van der Waals surface area (Å²) in [7, 11) is 3.75. The van der Waals surface area contributed by atoms with Crippen LogP contribution in [-0.2, 0) is 0 Å². The van der Waals surface area contributed by atoms with E-state index in [0.29, 0.717) is 0 Å². The Morgan fingerprint density at radius 2 is 1.50 bits per heavy atom. The summed E-state index contributed by atoms with van der Waals surface area (Å²) >= 11 is 0. The lowest BCUT2D eigenvalue weighted by molar-refractivity contribution is 0.417. The van der Waals surface area contributed by atoms with Crippen molar-refractivity contribution in [2.24, 2.45) is 0 Å². The van der Waals surface area contributed by atoms with Crippen LogP contribution in [0.1, 0.15) is 27.2 Å². The van der Waals surface area contributed by atoms with Crippen LogP contribution in [0.5, 0.6) is 0 Å². The minimum absolute atomic E-state index is 0.613. The van der Waals surface area contributed by atoms with Crippen LogP contribution in [-0.4, -0.2) is 52.2 Å². The highest BCUT2D eigenvalue weighted by Gasteiger charge is 2.16. The zero-order valence-electron chi connectivity index (χ0n) is 10.7. The zero-order chi connectivity index (χ0) is 11.0. The molecule has 0 radical (unpaired) electrons. The Kier molecular flexibility index (Phi) is 8.53. The summed E-state index contributed by atoms with van der Waals surface area (Å²) in [5.41, 5.74) is 0. The Morgan fingerprint density at radius 1 is 0.929 bits per heavy atom. The predicted octanol–water partition coefficient (Wildman–Crippen LogP) is 2.02. The first-order valence-electron chi connectivity index (χ1n) is 6.04. The SMILES string of the molecule is CCC[SiH](CCN(C)C)N(CC)CC. The number of hydrogen-bond donors (Lipinski definition) is 0. The maximum Gasteiger partial charge on any atom is 0.113 e. The van der Waals surface area contributed by atoms with Gasteiger partial charge in [-0.05, 0) is 45.8 Å². The molecule has 3 heteroatoms. The van der Waals surface area contributed by atoms with Gasteiger partial charge in [-0.3, -0.25) is 0 Å². The molecule has 0 rings (SSSR count). The first-order valence-corrected chi connectivity index (χ1v) is 8.19. The summed E-state index contributed by atoms with van der Waals surface area (Å²) in [6, 6.07) is 2.93. The van der Waals surface area contributed by atoms with Crippen molar-refractivity contribution in [1.29, 1.82) is 0 Å². The number of hydrogen-bond acceptors (Lipinski definition) is 2. The summed E-state index contributed by atoms with van der Waals surface area (Å²) in [5, 5.41) is 0. The van der Waals surface area contributed by atoms with Gasteiger partial charge in [0, 0.05) is 0 Å². The molecule has 0 amide bonds. The van der Waals surface area contributed by atoms with Gasteiger partial charge in [-0.2, -0.15) is 0 Å². The van der Waals surface area contributed by atoms with E-state index in [-0.39, 0.29) is 0 Å². The highest BCUT2D eigenvalue weighted by Crippen LogP contribution is 2.09. The van der Waals surface area contributed by atoms with Crippen molar-refractivity contribution in [1.82, 2.24) is 9.47 Å². The van der Waals surface area contributed by atoms with E-state index in [1.165, 1.54) is 38.1 Å². The van der Waals surface area contributed by atoms with Gasteiger partial charge < -0.3 is 9.47 Å². The quantitative estimate of drug-likeness (QED) is 0.573. The van der Waals surface area contributed by atoms with Gasteiger partial charge >= 0.3 is 0 Å². The average molecular weight is 216 g/mol. The van der Waals surface area contributed by atoms with Crippen LogP contribution in [0.15, 0.2) is 0 Å². The molecular weight excluding hydrogens is 188 g/mol. The average Bonchev–Trinajstić information content (AvgIpc) is 2.15. The molecule has 0 aromatic rings. The summed E-state index contributed by atoms with van der Waals surface area (Å²) in [5.74, 6) is 0. The van der Waals surface area contributed by atoms with E-state index in [1.54, 1.807) is 0 Å². The fraction of sp³-hybridized carbons (Fsp3) is 1.00. The van der Waals surface area contributed by atoms with Crippen LogP contribution >= 0.6 is 0 Å². The fourth-order valence-electron chi connectivity index (χ4n) is 1.99. The van der Waals surface area contributed by atoms with Gasteiger partial charge in [-0.15, -0.1) is 0 Å².